The summed E-state index contributed by atoms with van der Waals surface area (Å²) in [5.41, 5.74) is 2.45. The van der Waals surface area contributed by atoms with Gasteiger partial charge >= 0.3 is 0 Å². The van der Waals surface area contributed by atoms with Gasteiger partial charge in [0.2, 0.25) is 11.8 Å². The molecule has 2 amide bonds. The molecule has 10 heteroatoms. The summed E-state index contributed by atoms with van der Waals surface area (Å²) in [6, 6.07) is 29.0. The maximum atomic E-state index is 14.6. The predicted octanol–water partition coefficient (Wildman–Crippen LogP) is 7.02. The lowest BCUT2D eigenvalue weighted by atomic mass is 10.0. The highest BCUT2D eigenvalue weighted by Crippen LogP contribution is 2.31. The van der Waals surface area contributed by atoms with E-state index in [1.807, 2.05) is 68.4 Å². The van der Waals surface area contributed by atoms with Gasteiger partial charge < -0.3 is 10.2 Å². The van der Waals surface area contributed by atoms with Gasteiger partial charge in [-0.2, -0.15) is 0 Å². The fourth-order valence-electron chi connectivity index (χ4n) is 4.91. The minimum atomic E-state index is -4.21. The number of nitrogens with zero attached hydrogens (tertiary/aromatic N) is 2. The first-order valence-electron chi connectivity index (χ1n) is 14.7. The molecule has 4 aromatic rings. The molecule has 0 aliphatic heterocycles. The van der Waals surface area contributed by atoms with Gasteiger partial charge in [-0.05, 0) is 65.9 Å². The van der Waals surface area contributed by atoms with Crippen LogP contribution in [-0.4, -0.2) is 44.3 Å². The van der Waals surface area contributed by atoms with Crippen molar-refractivity contribution in [1.82, 2.24) is 10.2 Å². The normalized spacial score (nSPS) is 12.0. The zero-order valence-corrected chi connectivity index (χ0v) is 28.6. The molecule has 0 aliphatic rings. The summed E-state index contributed by atoms with van der Waals surface area (Å²) >= 11 is 9.95. The van der Waals surface area contributed by atoms with Crippen LogP contribution in [0.25, 0.3) is 0 Å². The van der Waals surface area contributed by atoms with Crippen LogP contribution in [0.3, 0.4) is 0 Å². The third-order valence-electron chi connectivity index (χ3n) is 7.32. The third kappa shape index (κ3) is 8.96. The highest BCUT2D eigenvalue weighted by Gasteiger charge is 2.35. The molecule has 0 saturated heterocycles. The number of anilines is 1. The van der Waals surface area contributed by atoms with Gasteiger partial charge in [-0.15, -0.1) is 0 Å². The van der Waals surface area contributed by atoms with Gasteiger partial charge in [0.15, 0.2) is 0 Å². The van der Waals surface area contributed by atoms with Crippen molar-refractivity contribution in [2.45, 2.75) is 44.7 Å². The largest absolute Gasteiger partial charge is 0.354 e. The second-order valence-electron chi connectivity index (χ2n) is 11.2. The average Bonchev–Trinajstić information content (AvgIpc) is 3.02. The Hall–Kier alpha value is -3.66. The van der Waals surface area contributed by atoms with Crippen LogP contribution in [0.1, 0.15) is 30.5 Å². The molecule has 0 fully saturated rings. The predicted molar refractivity (Wildman–Crippen MR) is 184 cm³/mol. The zero-order chi connectivity index (χ0) is 32.6. The minimum Gasteiger partial charge on any atom is -0.354 e. The minimum absolute atomic E-state index is 0.0335. The molecule has 0 radical (unpaired) electrons. The zero-order valence-electron chi connectivity index (χ0n) is 25.5. The Morgan fingerprint density at radius 2 is 1.49 bits per heavy atom. The Bertz CT molecular complexity index is 1720. The van der Waals surface area contributed by atoms with Crippen LogP contribution in [0, 0.1) is 12.8 Å². The number of amides is 2. The monoisotopic (exact) mass is 709 g/mol. The Labute approximate surface area is 279 Å². The summed E-state index contributed by atoms with van der Waals surface area (Å²) in [6.07, 6.45) is 0.242. The van der Waals surface area contributed by atoms with Gasteiger partial charge in [0.25, 0.3) is 10.0 Å². The van der Waals surface area contributed by atoms with E-state index in [0.29, 0.717) is 17.1 Å². The third-order valence-corrected chi connectivity index (χ3v) is 9.99. The molecule has 1 atom stereocenters. The average molecular weight is 711 g/mol. The maximum absolute atomic E-state index is 14.6. The molecule has 4 aromatic carbocycles. The van der Waals surface area contributed by atoms with E-state index in [9.17, 15) is 18.0 Å². The number of carbonyl (C=O) groups excluding carboxylic acids is 2. The first-order chi connectivity index (χ1) is 21.5. The first kappa shape index (κ1) is 34.2. The smallest absolute Gasteiger partial charge is 0.264 e. The fourth-order valence-corrected chi connectivity index (χ4v) is 7.02. The van der Waals surface area contributed by atoms with E-state index in [-0.39, 0.29) is 35.4 Å². The second kappa shape index (κ2) is 15.6. The second-order valence-corrected chi connectivity index (χ2v) is 14.4. The summed E-state index contributed by atoms with van der Waals surface area (Å²) in [7, 11) is -4.21. The summed E-state index contributed by atoms with van der Waals surface area (Å²) in [5, 5.41) is 3.37. The lowest BCUT2D eigenvalue weighted by Crippen LogP contribution is -2.53. The molecule has 0 spiro atoms. The van der Waals surface area contributed by atoms with Gasteiger partial charge in [0.05, 0.1) is 10.6 Å². The number of benzene rings is 4. The lowest BCUT2D eigenvalue weighted by molar-refractivity contribution is -0.140. The molecule has 7 nitrogen and oxygen atoms in total. The SMILES string of the molecule is Cc1c(Cl)cccc1N(CC(=O)N(Cc1cccc(Br)c1)[C@@H](Cc1ccccc1)C(=O)NCC(C)C)S(=O)(=O)c1ccccc1. The number of sulfonamides is 1. The van der Waals surface area contributed by atoms with Crippen molar-refractivity contribution in [3.05, 3.63) is 129 Å². The molecule has 0 aromatic heterocycles. The topological polar surface area (TPSA) is 86.8 Å². The highest BCUT2D eigenvalue weighted by atomic mass is 79.9. The summed E-state index contributed by atoms with van der Waals surface area (Å²) in [5.74, 6) is -0.653. The maximum Gasteiger partial charge on any atom is 0.264 e. The molecule has 0 bridgehead atoms. The number of hydrogen-bond acceptors (Lipinski definition) is 4. The number of carbonyl (C=O) groups is 2. The summed E-state index contributed by atoms with van der Waals surface area (Å²) in [6.45, 7) is 5.67. The number of rotatable bonds is 13. The van der Waals surface area contributed by atoms with E-state index in [2.05, 4.69) is 21.2 Å². The van der Waals surface area contributed by atoms with Crippen LogP contribution in [-0.2, 0) is 32.6 Å². The van der Waals surface area contributed by atoms with Crippen LogP contribution in [0.5, 0.6) is 0 Å². The molecule has 4 rings (SSSR count). The molecular formula is C35H37BrClN3O4S. The Morgan fingerprint density at radius 1 is 0.867 bits per heavy atom. The Kier molecular flexibility index (Phi) is 11.8. The van der Waals surface area contributed by atoms with Gasteiger partial charge in [-0.3, -0.25) is 13.9 Å². The van der Waals surface area contributed by atoms with Gasteiger partial charge in [-0.1, -0.05) is 108 Å². The van der Waals surface area contributed by atoms with Crippen molar-refractivity contribution < 1.29 is 18.0 Å². The molecule has 1 N–H and O–H groups in total. The van der Waals surface area contributed by atoms with Gasteiger partial charge in [-0.25, -0.2) is 8.42 Å². The molecular weight excluding hydrogens is 674 g/mol. The van der Waals surface area contributed by atoms with Crippen molar-refractivity contribution in [2.75, 3.05) is 17.4 Å². The molecule has 0 heterocycles. The number of hydrogen-bond donors (Lipinski definition) is 1. The lowest BCUT2D eigenvalue weighted by Gasteiger charge is -2.34. The van der Waals surface area contributed by atoms with E-state index in [1.165, 1.54) is 17.0 Å². The van der Waals surface area contributed by atoms with Crippen LogP contribution < -0.4 is 9.62 Å². The Morgan fingerprint density at radius 3 is 2.13 bits per heavy atom. The van der Waals surface area contributed by atoms with E-state index in [0.717, 1.165) is 19.9 Å². The van der Waals surface area contributed by atoms with Crippen LogP contribution in [0.15, 0.2) is 112 Å². The van der Waals surface area contributed by atoms with E-state index < -0.39 is 28.5 Å². The van der Waals surface area contributed by atoms with Crippen molar-refractivity contribution >= 4 is 55.1 Å². The number of halogens is 2. The van der Waals surface area contributed by atoms with Crippen molar-refractivity contribution in [3.63, 3.8) is 0 Å². The van der Waals surface area contributed by atoms with Crippen molar-refractivity contribution in [1.29, 1.82) is 0 Å². The molecule has 0 saturated carbocycles. The Balaban J connectivity index is 1.82. The first-order valence-corrected chi connectivity index (χ1v) is 17.3. The van der Waals surface area contributed by atoms with E-state index in [4.69, 9.17) is 11.6 Å². The molecule has 236 valence electrons. The summed E-state index contributed by atoms with van der Waals surface area (Å²) < 4.78 is 30.2. The number of nitrogens with one attached hydrogen (secondary N) is 1. The van der Waals surface area contributed by atoms with Gasteiger partial charge in [0.1, 0.15) is 12.6 Å². The van der Waals surface area contributed by atoms with Crippen molar-refractivity contribution in [2.24, 2.45) is 5.92 Å². The molecule has 45 heavy (non-hydrogen) atoms. The quantitative estimate of drug-likeness (QED) is 0.162. The standard InChI is InChI=1S/C35H37BrClN3O4S/c1-25(2)22-38-35(42)33(21-27-12-6-4-7-13-27)39(23-28-14-10-15-29(36)20-28)34(41)24-40(32-19-11-18-31(37)26(32)3)45(43,44)30-16-8-5-9-17-30/h4-20,25,33H,21-24H2,1-3H3,(H,38,42)/t33-/m0/s1. The van der Waals surface area contributed by atoms with Crippen molar-refractivity contribution in [3.8, 4) is 0 Å². The van der Waals surface area contributed by atoms with E-state index in [1.54, 1.807) is 43.3 Å². The van der Waals surface area contributed by atoms with Crippen LogP contribution >= 0.6 is 27.5 Å². The van der Waals surface area contributed by atoms with Gasteiger partial charge in [0, 0.05) is 29.0 Å². The molecule has 0 aliphatic carbocycles. The van der Waals surface area contributed by atoms with E-state index >= 15 is 0 Å². The van der Waals surface area contributed by atoms with Crippen LogP contribution in [0.2, 0.25) is 5.02 Å². The van der Waals surface area contributed by atoms with Crippen LogP contribution in [0.4, 0.5) is 5.69 Å². The fraction of sp³-hybridized carbons (Fsp3) is 0.257. The highest BCUT2D eigenvalue weighted by molar-refractivity contribution is 9.10. The molecule has 0 unspecified atom stereocenters. The summed E-state index contributed by atoms with van der Waals surface area (Å²) in [4.78, 5) is 29.9.